The third kappa shape index (κ3) is 3.47. The maximum Gasteiger partial charge on any atom is 0.321 e. The number of carboxylic acid groups (broad SMARTS) is 1. The average molecular weight is 213 g/mol. The lowest BCUT2D eigenvalue weighted by Gasteiger charge is -2.21. The van der Waals surface area contributed by atoms with Crippen LogP contribution in [0.5, 0.6) is 0 Å². The minimum Gasteiger partial charge on any atom is -0.480 e. The minimum absolute atomic E-state index is 0.0921. The summed E-state index contributed by atoms with van der Waals surface area (Å²) in [4.78, 5) is 10.7. The molecule has 0 amide bonds. The van der Waals surface area contributed by atoms with Gasteiger partial charge in [-0.2, -0.15) is 0 Å². The van der Waals surface area contributed by atoms with E-state index in [2.05, 4.69) is 5.32 Å². The van der Waals surface area contributed by atoms with Gasteiger partial charge in [-0.05, 0) is 25.1 Å². The summed E-state index contributed by atoms with van der Waals surface area (Å²) in [6.45, 7) is 0. The quantitative estimate of drug-likeness (QED) is 0.478. The van der Waals surface area contributed by atoms with Crippen molar-refractivity contribution >= 4 is 5.97 Å². The monoisotopic (exact) mass is 213 g/mol. The van der Waals surface area contributed by atoms with Gasteiger partial charge in [-0.1, -0.05) is 12.2 Å². The van der Waals surface area contributed by atoms with Crippen molar-refractivity contribution < 1.29 is 20.1 Å². The number of carboxylic acids is 1. The maximum atomic E-state index is 10.7. The zero-order valence-electron chi connectivity index (χ0n) is 8.47. The molecule has 0 saturated heterocycles. The van der Waals surface area contributed by atoms with Crippen LogP contribution < -0.4 is 5.32 Å². The van der Waals surface area contributed by atoms with Gasteiger partial charge in [0.15, 0.2) is 5.79 Å². The summed E-state index contributed by atoms with van der Waals surface area (Å²) in [6.07, 6.45) is 4.86. The van der Waals surface area contributed by atoms with Crippen LogP contribution in [0.2, 0.25) is 0 Å². The third-order valence-electron chi connectivity index (χ3n) is 2.32. The second-order valence-electron chi connectivity index (χ2n) is 3.58. The maximum absolute atomic E-state index is 10.7. The summed E-state index contributed by atoms with van der Waals surface area (Å²) >= 11 is 0. The molecule has 5 nitrogen and oxygen atoms in total. The van der Waals surface area contributed by atoms with Crippen LogP contribution in [0.4, 0.5) is 0 Å². The van der Waals surface area contributed by atoms with Crippen LogP contribution in [0.25, 0.3) is 0 Å². The van der Waals surface area contributed by atoms with E-state index in [0.717, 1.165) is 5.57 Å². The molecular weight excluding hydrogens is 198 g/mol. The molecule has 4 N–H and O–H groups in total. The van der Waals surface area contributed by atoms with E-state index in [1.54, 1.807) is 13.1 Å². The molecule has 0 aromatic heterocycles. The van der Waals surface area contributed by atoms with Crippen molar-refractivity contribution in [1.82, 2.24) is 5.32 Å². The molecule has 0 radical (unpaired) electrons. The van der Waals surface area contributed by atoms with E-state index >= 15 is 0 Å². The van der Waals surface area contributed by atoms with Crippen molar-refractivity contribution in [1.29, 1.82) is 0 Å². The van der Waals surface area contributed by atoms with E-state index in [1.807, 2.05) is 0 Å². The van der Waals surface area contributed by atoms with Crippen molar-refractivity contribution in [2.75, 3.05) is 7.05 Å². The number of allylic oxidation sites excluding steroid dienone is 1. The van der Waals surface area contributed by atoms with Crippen LogP contribution in [0.15, 0.2) is 23.8 Å². The Balaban J connectivity index is 2.58. The van der Waals surface area contributed by atoms with E-state index < -0.39 is 17.8 Å². The highest BCUT2D eigenvalue weighted by Crippen LogP contribution is 2.20. The fourth-order valence-electron chi connectivity index (χ4n) is 1.36. The zero-order chi connectivity index (χ0) is 11.5. The van der Waals surface area contributed by atoms with E-state index in [9.17, 15) is 15.0 Å². The molecule has 0 aromatic rings. The third-order valence-corrected chi connectivity index (χ3v) is 2.32. The Kier molecular flexibility index (Phi) is 3.62. The van der Waals surface area contributed by atoms with Gasteiger partial charge in [0, 0.05) is 6.42 Å². The Morgan fingerprint density at radius 2 is 2.33 bits per heavy atom. The molecule has 0 saturated carbocycles. The molecule has 0 fully saturated rings. The number of carbonyl (C=O) groups is 1. The van der Waals surface area contributed by atoms with Crippen molar-refractivity contribution in [2.45, 2.75) is 24.7 Å². The molecule has 0 aromatic carbocycles. The highest BCUT2D eigenvalue weighted by atomic mass is 16.5. The van der Waals surface area contributed by atoms with E-state index in [4.69, 9.17) is 5.11 Å². The number of hydrogen-bond donors (Lipinski definition) is 4. The molecule has 84 valence electrons. The van der Waals surface area contributed by atoms with Crippen LogP contribution in [-0.4, -0.2) is 40.2 Å². The van der Waals surface area contributed by atoms with E-state index in [0.29, 0.717) is 6.42 Å². The molecule has 0 unspecified atom stereocenters. The summed E-state index contributed by atoms with van der Waals surface area (Å²) in [5.41, 5.74) is 0.787. The van der Waals surface area contributed by atoms with Gasteiger partial charge < -0.3 is 20.6 Å². The predicted molar refractivity (Wildman–Crippen MR) is 54.1 cm³/mol. The van der Waals surface area contributed by atoms with Crippen molar-refractivity contribution in [3.63, 3.8) is 0 Å². The molecule has 0 bridgehead atoms. The molecule has 0 spiro atoms. The Morgan fingerprint density at radius 1 is 1.67 bits per heavy atom. The fraction of sp³-hybridized carbons (Fsp3) is 0.500. The molecule has 0 aliphatic heterocycles. The van der Waals surface area contributed by atoms with Gasteiger partial charge in [-0.3, -0.25) is 4.79 Å². The fourth-order valence-corrected chi connectivity index (χ4v) is 1.36. The first-order chi connectivity index (χ1) is 6.94. The van der Waals surface area contributed by atoms with E-state index in [1.165, 1.54) is 12.2 Å². The molecule has 1 atom stereocenters. The molecule has 1 rings (SSSR count). The second kappa shape index (κ2) is 4.57. The molecule has 15 heavy (non-hydrogen) atoms. The first-order valence-corrected chi connectivity index (χ1v) is 4.68. The van der Waals surface area contributed by atoms with Crippen LogP contribution in [0.3, 0.4) is 0 Å². The van der Waals surface area contributed by atoms with E-state index in [-0.39, 0.29) is 6.42 Å². The van der Waals surface area contributed by atoms with Gasteiger partial charge in [0.1, 0.15) is 6.04 Å². The normalized spacial score (nSPS) is 20.9. The van der Waals surface area contributed by atoms with Crippen molar-refractivity contribution in [3.8, 4) is 0 Å². The van der Waals surface area contributed by atoms with Gasteiger partial charge >= 0.3 is 5.97 Å². The topological polar surface area (TPSA) is 89.8 Å². The Bertz CT molecular complexity index is 307. The summed E-state index contributed by atoms with van der Waals surface area (Å²) in [7, 11) is 1.58. The van der Waals surface area contributed by atoms with Crippen LogP contribution in [-0.2, 0) is 4.79 Å². The summed E-state index contributed by atoms with van der Waals surface area (Å²) < 4.78 is 0. The van der Waals surface area contributed by atoms with Crippen LogP contribution in [0, 0.1) is 0 Å². The number of likely N-dealkylation sites (N-methyl/N-ethyl adjacent to an activating group) is 1. The molecule has 1 aliphatic carbocycles. The van der Waals surface area contributed by atoms with Crippen molar-refractivity contribution in [3.05, 3.63) is 23.8 Å². The number of nitrogens with one attached hydrogen (secondary N) is 1. The van der Waals surface area contributed by atoms with Gasteiger partial charge in [-0.25, -0.2) is 0 Å². The smallest absolute Gasteiger partial charge is 0.321 e. The molecule has 0 heterocycles. The van der Waals surface area contributed by atoms with Gasteiger partial charge in [0.2, 0.25) is 0 Å². The SMILES string of the molecule is CN[C@@H](CC1=CCC(O)(O)C=C1)C(=O)O. The molecular formula is C10H15NO4. The summed E-state index contributed by atoms with van der Waals surface area (Å²) in [5.74, 6) is -2.71. The largest absolute Gasteiger partial charge is 0.480 e. The average Bonchev–Trinajstić information content (AvgIpc) is 2.15. The lowest BCUT2D eigenvalue weighted by atomic mass is 9.97. The predicted octanol–water partition coefficient (Wildman–Crippen LogP) is -0.384. The van der Waals surface area contributed by atoms with Gasteiger partial charge in [0.25, 0.3) is 0 Å². The summed E-state index contributed by atoms with van der Waals surface area (Å²) in [5, 5.41) is 29.8. The molecule has 5 heteroatoms. The number of hydrogen-bond acceptors (Lipinski definition) is 4. The van der Waals surface area contributed by atoms with Gasteiger partial charge in [0.05, 0.1) is 0 Å². The lowest BCUT2D eigenvalue weighted by molar-refractivity contribution is -0.139. The number of aliphatic carboxylic acids is 1. The standard InChI is InChI=1S/C10H15NO4/c1-11-8(9(12)13)6-7-2-4-10(14,15)5-3-7/h2-4,8,11,14-15H,5-6H2,1H3,(H,12,13)/t8-/m0/s1. The highest BCUT2D eigenvalue weighted by molar-refractivity contribution is 5.74. The lowest BCUT2D eigenvalue weighted by Crippen LogP contribution is -2.34. The molecule has 1 aliphatic rings. The summed E-state index contributed by atoms with van der Waals surface area (Å²) in [6, 6.07) is -0.647. The highest BCUT2D eigenvalue weighted by Gasteiger charge is 2.23. The van der Waals surface area contributed by atoms with Crippen molar-refractivity contribution in [2.24, 2.45) is 0 Å². The Hall–Kier alpha value is -1.17. The minimum atomic E-state index is -1.79. The second-order valence-corrected chi connectivity index (χ2v) is 3.58. The Labute approximate surface area is 87.7 Å². The first kappa shape index (κ1) is 11.9. The van der Waals surface area contributed by atoms with Crippen LogP contribution >= 0.6 is 0 Å². The first-order valence-electron chi connectivity index (χ1n) is 4.68. The Morgan fingerprint density at radius 3 is 2.73 bits per heavy atom. The van der Waals surface area contributed by atoms with Crippen LogP contribution in [0.1, 0.15) is 12.8 Å². The van der Waals surface area contributed by atoms with Gasteiger partial charge in [-0.15, -0.1) is 0 Å². The number of aliphatic hydroxyl groups is 2. The number of rotatable bonds is 4. The zero-order valence-corrected chi connectivity index (χ0v) is 8.47.